The van der Waals surface area contributed by atoms with Crippen molar-refractivity contribution >= 4 is 16.2 Å². The first kappa shape index (κ1) is 24.2. The number of hydrogen-bond donors (Lipinski definition) is 1. The zero-order valence-corrected chi connectivity index (χ0v) is 20.1. The molecule has 32 heavy (non-hydrogen) atoms. The molecule has 0 aromatic heterocycles. The molecule has 1 N–H and O–H groups in total. The Bertz CT molecular complexity index is 974. The van der Waals surface area contributed by atoms with E-state index in [1.54, 1.807) is 27.7 Å². The second kappa shape index (κ2) is 9.21. The second-order valence-electron chi connectivity index (χ2n) is 9.35. The number of amides is 1. The number of hydrogen-bond acceptors (Lipinski definition) is 6. The first-order valence-corrected chi connectivity index (χ1v) is 12.4. The van der Waals surface area contributed by atoms with Crippen LogP contribution in [0.3, 0.4) is 0 Å². The predicted octanol–water partition coefficient (Wildman–Crippen LogP) is 3.72. The van der Waals surface area contributed by atoms with Crippen molar-refractivity contribution in [3.8, 4) is 0 Å². The maximum absolute atomic E-state index is 12.6. The fourth-order valence-corrected chi connectivity index (χ4v) is 4.75. The molecule has 2 aromatic carbocycles. The molecular formula is C24H32N2O5S. The van der Waals surface area contributed by atoms with E-state index in [1.807, 2.05) is 36.4 Å². The second-order valence-corrected chi connectivity index (χ2v) is 11.0. The summed E-state index contributed by atoms with van der Waals surface area (Å²) in [5, 5.41) is 2.90. The van der Waals surface area contributed by atoms with E-state index in [0.29, 0.717) is 13.1 Å². The molecule has 0 aliphatic carbocycles. The summed E-state index contributed by atoms with van der Waals surface area (Å²) in [7, 11) is -3.71. The summed E-state index contributed by atoms with van der Waals surface area (Å²) in [5.41, 5.74) is 0.641. The Balaban J connectivity index is 1.88. The van der Waals surface area contributed by atoms with Gasteiger partial charge in [0.2, 0.25) is 0 Å². The van der Waals surface area contributed by atoms with Crippen LogP contribution < -0.4 is 5.32 Å². The number of alkyl carbamates (subject to hydrolysis) is 1. The molecule has 1 amide bonds. The largest absolute Gasteiger partial charge is 0.444 e. The van der Waals surface area contributed by atoms with Gasteiger partial charge in [0, 0.05) is 13.1 Å². The van der Waals surface area contributed by atoms with E-state index in [1.165, 1.54) is 0 Å². The highest BCUT2D eigenvalue weighted by atomic mass is 32.2. The minimum atomic E-state index is -3.71. The van der Waals surface area contributed by atoms with Crippen molar-refractivity contribution in [2.45, 2.75) is 51.0 Å². The lowest BCUT2D eigenvalue weighted by molar-refractivity contribution is -0.0504. The smallest absolute Gasteiger partial charge is 0.408 e. The van der Waals surface area contributed by atoms with Gasteiger partial charge in [-0.2, -0.15) is 8.42 Å². The van der Waals surface area contributed by atoms with Crippen LogP contribution in [-0.4, -0.2) is 56.0 Å². The van der Waals surface area contributed by atoms with Gasteiger partial charge >= 0.3 is 6.09 Å². The van der Waals surface area contributed by atoms with Crippen LogP contribution in [-0.2, 0) is 19.0 Å². The molecule has 0 bridgehead atoms. The maximum atomic E-state index is 12.6. The van der Waals surface area contributed by atoms with Gasteiger partial charge < -0.3 is 10.1 Å². The Morgan fingerprint density at radius 3 is 1.88 bits per heavy atom. The fraction of sp³-hybridized carbons (Fsp3) is 0.458. The molecule has 1 atom stereocenters. The maximum Gasteiger partial charge on any atom is 0.408 e. The topological polar surface area (TPSA) is 84.9 Å². The van der Waals surface area contributed by atoms with Crippen LogP contribution in [0.15, 0.2) is 60.7 Å². The summed E-state index contributed by atoms with van der Waals surface area (Å²) in [6.07, 6.45) is -0.358. The highest BCUT2D eigenvalue weighted by Crippen LogP contribution is 2.38. The Kier molecular flexibility index (Phi) is 6.97. The quantitative estimate of drug-likeness (QED) is 0.634. The number of carbonyl (C=O) groups is 1. The number of ether oxygens (including phenoxy) is 1. The van der Waals surface area contributed by atoms with Gasteiger partial charge in [-0.15, -0.1) is 0 Å². The Labute approximate surface area is 190 Å². The molecule has 8 heteroatoms. The molecule has 1 aliphatic rings. The minimum absolute atomic E-state index is 0.0450. The zero-order chi connectivity index (χ0) is 23.6. The fourth-order valence-electron chi connectivity index (χ4n) is 4.04. The van der Waals surface area contributed by atoms with Crippen LogP contribution >= 0.6 is 0 Å². The number of carbonyl (C=O) groups excluding carboxylic acids is 1. The van der Waals surface area contributed by atoms with Gasteiger partial charge in [0.05, 0.1) is 23.9 Å². The van der Waals surface area contributed by atoms with Gasteiger partial charge in [-0.25, -0.2) is 4.79 Å². The summed E-state index contributed by atoms with van der Waals surface area (Å²) in [6.45, 7) is 7.81. The summed E-state index contributed by atoms with van der Waals surface area (Å²) < 4.78 is 34.4. The van der Waals surface area contributed by atoms with Crippen molar-refractivity contribution in [3.05, 3.63) is 71.8 Å². The van der Waals surface area contributed by atoms with Gasteiger partial charge in [0.1, 0.15) is 5.60 Å². The molecule has 0 radical (unpaired) electrons. The average Bonchev–Trinajstić information content (AvgIpc) is 2.65. The lowest BCUT2D eigenvalue weighted by Crippen LogP contribution is -2.75. The lowest BCUT2D eigenvalue weighted by Gasteiger charge is -2.55. The number of nitrogens with zero attached hydrogens (tertiary/aromatic N) is 1. The first-order chi connectivity index (χ1) is 14.9. The van der Waals surface area contributed by atoms with Gasteiger partial charge in [-0.05, 0) is 38.8 Å². The van der Waals surface area contributed by atoms with Crippen molar-refractivity contribution in [2.24, 2.45) is 0 Å². The van der Waals surface area contributed by atoms with Crippen LogP contribution in [0, 0.1) is 0 Å². The molecule has 1 aliphatic heterocycles. The highest BCUT2D eigenvalue weighted by Gasteiger charge is 2.53. The van der Waals surface area contributed by atoms with Gasteiger partial charge in [-0.1, -0.05) is 60.7 Å². The standard InChI is InChI=1S/C24H32N2O5S/c1-18(31-32(5,28)29)24(25-22(27)30-23(2,3)4)16-26(17-24)21(19-12-8-6-9-13-19)20-14-10-7-11-15-20/h6-15,18,21H,16-17H2,1-5H3,(H,25,27). The third kappa shape index (κ3) is 6.09. The summed E-state index contributed by atoms with van der Waals surface area (Å²) in [4.78, 5) is 14.8. The van der Waals surface area contributed by atoms with Gasteiger partial charge in [-0.3, -0.25) is 9.08 Å². The average molecular weight is 461 g/mol. The number of likely N-dealkylation sites (tertiary alicyclic amines) is 1. The Morgan fingerprint density at radius 1 is 1.00 bits per heavy atom. The highest BCUT2D eigenvalue weighted by molar-refractivity contribution is 7.86. The van der Waals surface area contributed by atoms with Crippen LogP contribution in [0.1, 0.15) is 44.9 Å². The summed E-state index contributed by atoms with van der Waals surface area (Å²) >= 11 is 0. The zero-order valence-electron chi connectivity index (χ0n) is 19.2. The van der Waals surface area contributed by atoms with E-state index >= 15 is 0 Å². The Hall–Kier alpha value is -2.42. The van der Waals surface area contributed by atoms with E-state index in [0.717, 1.165) is 17.4 Å². The SMILES string of the molecule is CC(OS(C)(=O)=O)C1(NC(=O)OC(C)(C)C)CN(C(c2ccccc2)c2ccccc2)C1. The van der Waals surface area contributed by atoms with E-state index in [2.05, 4.69) is 34.5 Å². The van der Waals surface area contributed by atoms with E-state index in [4.69, 9.17) is 8.92 Å². The normalized spacial score (nSPS) is 17.4. The monoisotopic (exact) mass is 460 g/mol. The van der Waals surface area contributed by atoms with E-state index in [9.17, 15) is 13.2 Å². The molecule has 3 rings (SSSR count). The number of rotatable bonds is 7. The molecule has 1 heterocycles. The predicted molar refractivity (Wildman–Crippen MR) is 124 cm³/mol. The molecule has 7 nitrogen and oxygen atoms in total. The molecule has 2 aromatic rings. The molecule has 1 saturated heterocycles. The molecule has 0 saturated carbocycles. The summed E-state index contributed by atoms with van der Waals surface area (Å²) in [6, 6.07) is 20.1. The molecule has 174 valence electrons. The van der Waals surface area contributed by atoms with Crippen molar-refractivity contribution in [1.82, 2.24) is 10.2 Å². The van der Waals surface area contributed by atoms with Crippen molar-refractivity contribution in [1.29, 1.82) is 0 Å². The molecule has 0 spiro atoms. The molecular weight excluding hydrogens is 428 g/mol. The third-order valence-corrected chi connectivity index (χ3v) is 6.05. The van der Waals surface area contributed by atoms with Crippen LogP contribution in [0.25, 0.3) is 0 Å². The lowest BCUT2D eigenvalue weighted by atomic mass is 9.81. The first-order valence-electron chi connectivity index (χ1n) is 10.6. The van der Waals surface area contributed by atoms with Crippen LogP contribution in [0.2, 0.25) is 0 Å². The summed E-state index contributed by atoms with van der Waals surface area (Å²) in [5.74, 6) is 0. The third-order valence-electron chi connectivity index (χ3n) is 5.41. The number of nitrogens with one attached hydrogen (secondary N) is 1. The van der Waals surface area contributed by atoms with E-state index < -0.39 is 33.5 Å². The minimum Gasteiger partial charge on any atom is -0.444 e. The van der Waals surface area contributed by atoms with Crippen LogP contribution in [0.5, 0.6) is 0 Å². The van der Waals surface area contributed by atoms with Crippen molar-refractivity contribution < 1.29 is 22.1 Å². The van der Waals surface area contributed by atoms with Gasteiger partial charge in [0.25, 0.3) is 10.1 Å². The molecule has 1 unspecified atom stereocenters. The number of benzene rings is 2. The van der Waals surface area contributed by atoms with Crippen molar-refractivity contribution in [3.63, 3.8) is 0 Å². The molecule has 1 fully saturated rings. The van der Waals surface area contributed by atoms with Crippen molar-refractivity contribution in [2.75, 3.05) is 19.3 Å². The Morgan fingerprint density at radius 2 is 1.47 bits per heavy atom. The van der Waals surface area contributed by atoms with E-state index in [-0.39, 0.29) is 6.04 Å². The van der Waals surface area contributed by atoms with Crippen LogP contribution in [0.4, 0.5) is 4.79 Å². The van der Waals surface area contributed by atoms with Gasteiger partial charge in [0.15, 0.2) is 0 Å².